The summed E-state index contributed by atoms with van der Waals surface area (Å²) < 4.78 is 0. The molecule has 0 aliphatic rings. The van der Waals surface area contributed by atoms with E-state index in [1.54, 1.807) is 5.19 Å². The lowest BCUT2D eigenvalue weighted by Gasteiger charge is -2.29. The first-order chi connectivity index (χ1) is 12.0. The highest BCUT2D eigenvalue weighted by Crippen LogP contribution is 2.29. The number of hydrogen-bond acceptors (Lipinski definition) is 1. The van der Waals surface area contributed by atoms with Crippen LogP contribution >= 0.6 is 0 Å². The molecule has 0 spiro atoms. The number of hydrogen-bond donors (Lipinski definition) is 0. The van der Waals surface area contributed by atoms with Gasteiger partial charge in [-0.1, -0.05) is 79.5 Å². The maximum atomic E-state index is 4.72. The smallest absolute Gasteiger partial charge is 0.0859 e. The summed E-state index contributed by atoms with van der Waals surface area (Å²) in [5.74, 6) is 0. The molecular weight excluding hydrogens is 318 g/mol. The molecule has 3 aromatic rings. The Morgan fingerprint density at radius 1 is 0.800 bits per heavy atom. The summed E-state index contributed by atoms with van der Waals surface area (Å²) in [5, 5.41) is 4.20. The van der Waals surface area contributed by atoms with Crippen LogP contribution in [0.3, 0.4) is 0 Å². The summed E-state index contributed by atoms with van der Waals surface area (Å²) >= 11 is 0. The predicted molar refractivity (Wildman–Crippen MR) is 113 cm³/mol. The molecule has 0 aliphatic heterocycles. The molecule has 2 heteroatoms. The van der Waals surface area contributed by atoms with Gasteiger partial charge in [0.05, 0.1) is 13.8 Å². The Labute approximate surface area is 153 Å². The molecule has 0 aliphatic carbocycles. The molecule has 0 N–H and O–H groups in total. The Morgan fingerprint density at radius 2 is 1.44 bits per heavy atom. The highest BCUT2D eigenvalue weighted by molar-refractivity contribution is 6.91. The molecule has 0 saturated heterocycles. The summed E-state index contributed by atoms with van der Waals surface area (Å²) in [6.07, 6.45) is 1.96. The number of benzene rings is 2. The number of nitrogens with zero attached hydrogens (tertiary/aromatic N) is 1. The first-order valence-corrected chi connectivity index (χ1v) is 12.1. The molecule has 2 aromatic carbocycles. The summed E-state index contributed by atoms with van der Waals surface area (Å²) in [7, 11) is -1.35. The fourth-order valence-electron chi connectivity index (χ4n) is 4.21. The van der Waals surface area contributed by atoms with E-state index >= 15 is 0 Å². The fourth-order valence-corrected chi connectivity index (χ4v) is 7.83. The van der Waals surface area contributed by atoms with Crippen molar-refractivity contribution in [1.29, 1.82) is 0 Å². The van der Waals surface area contributed by atoms with E-state index in [9.17, 15) is 0 Å². The van der Waals surface area contributed by atoms with Crippen molar-refractivity contribution < 1.29 is 0 Å². The van der Waals surface area contributed by atoms with Crippen molar-refractivity contribution in [2.45, 2.75) is 52.8 Å². The van der Waals surface area contributed by atoms with Crippen LogP contribution < -0.4 is 5.19 Å². The summed E-state index contributed by atoms with van der Waals surface area (Å²) in [5.41, 5.74) is 4.91. The zero-order chi connectivity index (χ0) is 18.0. The van der Waals surface area contributed by atoms with Gasteiger partial charge < -0.3 is 0 Å². The van der Waals surface area contributed by atoms with Crippen LogP contribution in [-0.2, 0) is 0 Å². The Morgan fingerprint density at radius 3 is 2.04 bits per heavy atom. The third-order valence-electron chi connectivity index (χ3n) is 5.90. The second-order valence-corrected chi connectivity index (χ2v) is 12.6. The van der Waals surface area contributed by atoms with Crippen molar-refractivity contribution in [1.82, 2.24) is 4.98 Å². The minimum atomic E-state index is -1.35. The molecule has 0 fully saturated rings. The van der Waals surface area contributed by atoms with Gasteiger partial charge in [0.2, 0.25) is 0 Å². The molecule has 0 saturated carbocycles. The summed E-state index contributed by atoms with van der Waals surface area (Å²) in [6.45, 7) is 11.4. The monoisotopic (exact) mass is 347 g/mol. The molecule has 130 valence electrons. The van der Waals surface area contributed by atoms with Gasteiger partial charge in [0.1, 0.15) is 0 Å². The van der Waals surface area contributed by atoms with Crippen molar-refractivity contribution in [2.75, 3.05) is 0 Å². The van der Waals surface area contributed by atoms with Crippen LogP contribution in [0.15, 0.2) is 48.7 Å². The number of aromatic nitrogens is 1. The average molecular weight is 348 g/mol. The molecular formula is C23H29NSi. The van der Waals surface area contributed by atoms with Crippen LogP contribution in [-0.4, -0.2) is 13.1 Å². The van der Waals surface area contributed by atoms with Gasteiger partial charge in [-0.2, -0.15) is 0 Å². The van der Waals surface area contributed by atoms with Gasteiger partial charge >= 0.3 is 0 Å². The molecule has 25 heavy (non-hydrogen) atoms. The highest BCUT2D eigenvalue weighted by atomic mass is 28.3. The second kappa shape index (κ2) is 7.13. The van der Waals surface area contributed by atoms with Gasteiger partial charge in [0.15, 0.2) is 0 Å². The summed E-state index contributed by atoms with van der Waals surface area (Å²) in [4.78, 5) is 4.72. The Bertz CT molecular complexity index is 865. The molecule has 1 aromatic heterocycles. The standard InChI is InChI=1S/C23H29NSi/c1-6-25(7-2,8-3)21-9-10-22-19(16-21)11-12-24-23(22)20-14-17(4)13-18(5)15-20/h9-16H,6-8H2,1-5H3. The van der Waals surface area contributed by atoms with Crippen LogP contribution in [0.2, 0.25) is 18.1 Å². The van der Waals surface area contributed by atoms with E-state index in [1.165, 1.54) is 45.6 Å². The number of rotatable bonds is 5. The SMILES string of the molecule is CC[Si](CC)(CC)c1ccc2c(-c3cc(C)cc(C)c3)nccc2c1. The van der Waals surface area contributed by atoms with Crippen molar-refractivity contribution in [3.8, 4) is 11.3 Å². The Hall–Kier alpha value is -1.93. The third-order valence-corrected chi connectivity index (χ3v) is 11.5. The van der Waals surface area contributed by atoms with Crippen molar-refractivity contribution in [3.05, 3.63) is 59.8 Å². The van der Waals surface area contributed by atoms with Gasteiger partial charge in [-0.15, -0.1) is 0 Å². The van der Waals surface area contributed by atoms with Crippen LogP contribution in [0.5, 0.6) is 0 Å². The van der Waals surface area contributed by atoms with Gasteiger partial charge in [-0.05, 0) is 37.4 Å². The Kier molecular flexibility index (Phi) is 5.10. The van der Waals surface area contributed by atoms with Gasteiger partial charge in [0, 0.05) is 17.1 Å². The van der Waals surface area contributed by atoms with Gasteiger partial charge in [0.25, 0.3) is 0 Å². The third kappa shape index (κ3) is 3.28. The van der Waals surface area contributed by atoms with Crippen LogP contribution in [0.25, 0.3) is 22.0 Å². The average Bonchev–Trinajstić information content (AvgIpc) is 2.62. The molecule has 1 heterocycles. The van der Waals surface area contributed by atoms with E-state index in [0.717, 1.165) is 5.69 Å². The molecule has 0 amide bonds. The number of aryl methyl sites for hydroxylation is 2. The summed E-state index contributed by atoms with van der Waals surface area (Å²) in [6, 6.07) is 20.0. The minimum Gasteiger partial charge on any atom is -0.256 e. The van der Waals surface area contributed by atoms with E-state index in [2.05, 4.69) is 77.1 Å². The van der Waals surface area contributed by atoms with Crippen molar-refractivity contribution >= 4 is 24.0 Å². The zero-order valence-corrected chi connectivity index (χ0v) is 17.2. The van der Waals surface area contributed by atoms with Gasteiger partial charge in [-0.25, -0.2) is 0 Å². The molecule has 0 unspecified atom stereocenters. The molecule has 1 nitrogen and oxygen atoms in total. The zero-order valence-electron chi connectivity index (χ0n) is 16.2. The highest BCUT2D eigenvalue weighted by Gasteiger charge is 2.29. The molecule has 3 rings (SSSR count). The predicted octanol–water partition coefficient (Wildman–Crippen LogP) is 6.23. The van der Waals surface area contributed by atoms with Crippen molar-refractivity contribution in [2.24, 2.45) is 0 Å². The molecule has 0 bridgehead atoms. The topological polar surface area (TPSA) is 12.9 Å². The lowest BCUT2D eigenvalue weighted by atomic mass is 10.0. The van der Waals surface area contributed by atoms with E-state index in [-0.39, 0.29) is 0 Å². The van der Waals surface area contributed by atoms with E-state index < -0.39 is 8.07 Å². The Balaban J connectivity index is 2.18. The normalized spacial score (nSPS) is 11.9. The van der Waals surface area contributed by atoms with Crippen LogP contribution in [0, 0.1) is 13.8 Å². The van der Waals surface area contributed by atoms with Crippen molar-refractivity contribution in [3.63, 3.8) is 0 Å². The first kappa shape index (κ1) is 17.9. The van der Waals surface area contributed by atoms with E-state index in [4.69, 9.17) is 4.98 Å². The van der Waals surface area contributed by atoms with E-state index in [0.29, 0.717) is 0 Å². The number of fused-ring (bicyclic) bond motifs is 1. The lowest BCUT2D eigenvalue weighted by molar-refractivity contribution is 1.20. The minimum absolute atomic E-state index is 1.10. The molecule has 0 atom stereocenters. The maximum absolute atomic E-state index is 4.72. The maximum Gasteiger partial charge on any atom is 0.0859 e. The lowest BCUT2D eigenvalue weighted by Crippen LogP contribution is -2.45. The largest absolute Gasteiger partial charge is 0.256 e. The first-order valence-electron chi connectivity index (χ1n) is 9.51. The second-order valence-electron chi connectivity index (χ2n) is 7.31. The number of pyridine rings is 1. The molecule has 0 radical (unpaired) electrons. The van der Waals surface area contributed by atoms with Crippen LogP contribution in [0.4, 0.5) is 0 Å². The van der Waals surface area contributed by atoms with Crippen LogP contribution in [0.1, 0.15) is 31.9 Å². The van der Waals surface area contributed by atoms with E-state index in [1.807, 2.05) is 6.20 Å². The van der Waals surface area contributed by atoms with Gasteiger partial charge in [-0.3, -0.25) is 4.98 Å². The fraction of sp³-hybridized carbons (Fsp3) is 0.348. The quantitative estimate of drug-likeness (QED) is 0.498.